The Hall–Kier alpha value is -1.11. The van der Waals surface area contributed by atoms with Gasteiger partial charge in [-0.3, -0.25) is 0 Å². The maximum atomic E-state index is 12.6. The molecule has 1 aliphatic rings. The lowest BCUT2D eigenvalue weighted by molar-refractivity contribution is 0.0638. The van der Waals surface area contributed by atoms with Crippen molar-refractivity contribution in [2.24, 2.45) is 0 Å². The number of nitrogens with zero attached hydrogens (tertiary/aromatic N) is 1. The summed E-state index contributed by atoms with van der Waals surface area (Å²) in [5.74, 6) is 0. The Morgan fingerprint density at radius 1 is 1.30 bits per heavy atom. The predicted octanol–water partition coefficient (Wildman–Crippen LogP) is 1.50. The van der Waals surface area contributed by atoms with Crippen LogP contribution in [-0.4, -0.2) is 37.0 Å². The van der Waals surface area contributed by atoms with Crippen LogP contribution in [0.4, 0.5) is 5.69 Å². The van der Waals surface area contributed by atoms with E-state index in [9.17, 15) is 13.5 Å². The summed E-state index contributed by atoms with van der Waals surface area (Å²) in [5, 5.41) is 10.0. The van der Waals surface area contributed by atoms with Gasteiger partial charge in [-0.05, 0) is 37.5 Å². The van der Waals surface area contributed by atoms with E-state index in [1.807, 2.05) is 6.92 Å². The molecule has 0 bridgehead atoms. The largest absolute Gasteiger partial charge is 0.398 e. The number of nitrogens with two attached hydrogens (primary N) is 1. The summed E-state index contributed by atoms with van der Waals surface area (Å²) in [6.45, 7) is 1.86. The topological polar surface area (TPSA) is 83.6 Å². The molecule has 5 nitrogen and oxygen atoms in total. The first-order valence-electron chi connectivity index (χ1n) is 6.86. The van der Waals surface area contributed by atoms with Crippen molar-refractivity contribution in [1.29, 1.82) is 0 Å². The molecule has 0 aliphatic heterocycles. The second kappa shape index (κ2) is 5.71. The van der Waals surface area contributed by atoms with Crippen molar-refractivity contribution in [3.8, 4) is 0 Å². The van der Waals surface area contributed by atoms with Crippen molar-refractivity contribution in [2.45, 2.75) is 49.6 Å². The molecule has 1 aliphatic carbocycles. The van der Waals surface area contributed by atoms with Crippen molar-refractivity contribution < 1.29 is 13.5 Å². The number of hydrogen-bond donors (Lipinski definition) is 2. The minimum absolute atomic E-state index is 0.114. The molecule has 2 unspecified atom stereocenters. The number of aliphatic hydroxyl groups excluding tert-OH is 1. The molecule has 20 heavy (non-hydrogen) atoms. The van der Waals surface area contributed by atoms with E-state index < -0.39 is 16.1 Å². The first-order valence-corrected chi connectivity index (χ1v) is 8.30. The highest BCUT2D eigenvalue weighted by molar-refractivity contribution is 7.89. The maximum absolute atomic E-state index is 12.6. The van der Waals surface area contributed by atoms with Gasteiger partial charge in [0.1, 0.15) is 4.90 Å². The van der Waals surface area contributed by atoms with E-state index in [4.69, 9.17) is 5.73 Å². The summed E-state index contributed by atoms with van der Waals surface area (Å²) < 4.78 is 26.6. The predicted molar refractivity (Wildman–Crippen MR) is 78.8 cm³/mol. The van der Waals surface area contributed by atoms with Crippen LogP contribution in [0.1, 0.15) is 31.2 Å². The van der Waals surface area contributed by atoms with Crippen LogP contribution in [0.2, 0.25) is 0 Å². The van der Waals surface area contributed by atoms with Gasteiger partial charge in [-0.2, -0.15) is 4.31 Å². The van der Waals surface area contributed by atoms with E-state index in [1.165, 1.54) is 17.4 Å². The first kappa shape index (κ1) is 15.3. The van der Waals surface area contributed by atoms with Crippen LogP contribution < -0.4 is 5.73 Å². The highest BCUT2D eigenvalue weighted by atomic mass is 32.2. The van der Waals surface area contributed by atoms with E-state index in [2.05, 4.69) is 0 Å². The van der Waals surface area contributed by atoms with Crippen LogP contribution in [0, 0.1) is 6.92 Å². The number of benzene rings is 1. The molecule has 112 valence electrons. The standard InChI is InChI=1S/C14H22N2O3S/c1-10-7-8-14(11(15)9-10)20(18,19)16(2)12-5-3-4-6-13(12)17/h7-9,12-13,17H,3-6,15H2,1-2H3. The van der Waals surface area contributed by atoms with Gasteiger partial charge < -0.3 is 10.8 Å². The quantitative estimate of drug-likeness (QED) is 0.828. The smallest absolute Gasteiger partial charge is 0.245 e. The third-order valence-corrected chi connectivity index (χ3v) is 5.94. The number of aliphatic hydroxyl groups is 1. The van der Waals surface area contributed by atoms with Gasteiger partial charge in [0.05, 0.1) is 17.8 Å². The summed E-state index contributed by atoms with van der Waals surface area (Å²) in [4.78, 5) is 0.114. The van der Waals surface area contributed by atoms with Gasteiger partial charge in [-0.25, -0.2) is 8.42 Å². The van der Waals surface area contributed by atoms with Gasteiger partial charge in [0.25, 0.3) is 0 Å². The Balaban J connectivity index is 2.33. The third kappa shape index (κ3) is 2.82. The number of sulfonamides is 1. The molecule has 0 amide bonds. The van der Waals surface area contributed by atoms with Crippen LogP contribution in [0.25, 0.3) is 0 Å². The second-order valence-electron chi connectivity index (χ2n) is 5.48. The van der Waals surface area contributed by atoms with Crippen LogP contribution in [0.5, 0.6) is 0 Å². The molecule has 1 fully saturated rings. The highest BCUT2D eigenvalue weighted by Gasteiger charge is 2.34. The number of anilines is 1. The lowest BCUT2D eigenvalue weighted by Crippen LogP contribution is -2.46. The molecule has 0 radical (unpaired) electrons. The molecule has 1 saturated carbocycles. The zero-order valence-corrected chi connectivity index (χ0v) is 12.7. The Morgan fingerprint density at radius 3 is 2.55 bits per heavy atom. The van der Waals surface area contributed by atoms with Gasteiger partial charge in [-0.1, -0.05) is 18.9 Å². The normalized spacial score (nSPS) is 24.0. The molecule has 0 heterocycles. The number of likely N-dealkylation sites (N-methyl/N-ethyl adjacent to an activating group) is 1. The number of hydrogen-bond acceptors (Lipinski definition) is 4. The SMILES string of the molecule is Cc1ccc(S(=O)(=O)N(C)C2CCCCC2O)c(N)c1. The van der Waals surface area contributed by atoms with Crippen LogP contribution in [0.15, 0.2) is 23.1 Å². The molecule has 0 spiro atoms. The van der Waals surface area contributed by atoms with Crippen molar-refractivity contribution in [1.82, 2.24) is 4.31 Å². The summed E-state index contributed by atoms with van der Waals surface area (Å²) in [7, 11) is -2.15. The van der Waals surface area contributed by atoms with E-state index in [1.54, 1.807) is 12.1 Å². The Labute approximate surface area is 120 Å². The Morgan fingerprint density at radius 2 is 1.95 bits per heavy atom. The number of rotatable bonds is 3. The second-order valence-corrected chi connectivity index (χ2v) is 7.45. The number of nitrogen functional groups attached to an aromatic ring is 1. The molecular formula is C14H22N2O3S. The zero-order valence-electron chi connectivity index (χ0n) is 11.9. The molecule has 1 aromatic rings. The van der Waals surface area contributed by atoms with Crippen molar-refractivity contribution in [2.75, 3.05) is 12.8 Å². The lowest BCUT2D eigenvalue weighted by atomic mass is 9.93. The first-order chi connectivity index (χ1) is 9.34. The van der Waals surface area contributed by atoms with Gasteiger partial charge in [0.15, 0.2) is 0 Å². The molecule has 1 aromatic carbocycles. The lowest BCUT2D eigenvalue weighted by Gasteiger charge is -2.34. The Bertz CT molecular complexity index is 586. The molecular weight excluding hydrogens is 276 g/mol. The molecule has 0 saturated heterocycles. The fourth-order valence-electron chi connectivity index (χ4n) is 2.75. The summed E-state index contributed by atoms with van der Waals surface area (Å²) >= 11 is 0. The summed E-state index contributed by atoms with van der Waals surface area (Å²) in [6, 6.07) is 4.55. The van der Waals surface area contributed by atoms with Crippen LogP contribution in [-0.2, 0) is 10.0 Å². The fraction of sp³-hybridized carbons (Fsp3) is 0.571. The van der Waals surface area contributed by atoms with Crippen LogP contribution >= 0.6 is 0 Å². The van der Waals surface area contributed by atoms with Gasteiger partial charge >= 0.3 is 0 Å². The van der Waals surface area contributed by atoms with Gasteiger partial charge in [0, 0.05) is 7.05 Å². The number of aryl methyl sites for hydroxylation is 1. The summed E-state index contributed by atoms with van der Waals surface area (Å²) in [5.41, 5.74) is 7.01. The van der Waals surface area contributed by atoms with E-state index in [0.717, 1.165) is 18.4 Å². The maximum Gasteiger partial charge on any atom is 0.245 e. The fourth-order valence-corrected chi connectivity index (χ4v) is 4.26. The minimum Gasteiger partial charge on any atom is -0.398 e. The molecule has 3 N–H and O–H groups in total. The van der Waals surface area contributed by atoms with E-state index in [-0.39, 0.29) is 16.6 Å². The van der Waals surface area contributed by atoms with Crippen molar-refractivity contribution in [3.05, 3.63) is 23.8 Å². The van der Waals surface area contributed by atoms with Gasteiger partial charge in [-0.15, -0.1) is 0 Å². The molecule has 0 aromatic heterocycles. The average Bonchev–Trinajstić information content (AvgIpc) is 2.38. The molecule has 2 atom stereocenters. The minimum atomic E-state index is -3.67. The molecule has 2 rings (SSSR count). The zero-order chi connectivity index (χ0) is 14.9. The third-order valence-electron chi connectivity index (χ3n) is 3.98. The van der Waals surface area contributed by atoms with E-state index in [0.29, 0.717) is 12.8 Å². The van der Waals surface area contributed by atoms with E-state index >= 15 is 0 Å². The van der Waals surface area contributed by atoms with Crippen molar-refractivity contribution in [3.63, 3.8) is 0 Å². The van der Waals surface area contributed by atoms with Gasteiger partial charge in [0.2, 0.25) is 10.0 Å². The highest BCUT2D eigenvalue weighted by Crippen LogP contribution is 2.29. The monoisotopic (exact) mass is 298 g/mol. The average molecular weight is 298 g/mol. The van der Waals surface area contributed by atoms with Crippen molar-refractivity contribution >= 4 is 15.7 Å². The molecule has 6 heteroatoms. The summed E-state index contributed by atoms with van der Waals surface area (Å²) in [6.07, 6.45) is 2.61. The van der Waals surface area contributed by atoms with Crippen LogP contribution in [0.3, 0.4) is 0 Å². The Kier molecular flexibility index (Phi) is 4.36.